The molecule has 0 spiro atoms. The first kappa shape index (κ1) is 18.5. The molecule has 3 N–H and O–H groups in total. The van der Waals surface area contributed by atoms with Crippen LogP contribution in [-0.4, -0.2) is 43.2 Å². The van der Waals surface area contributed by atoms with Crippen molar-refractivity contribution in [2.24, 2.45) is 0 Å². The van der Waals surface area contributed by atoms with Crippen LogP contribution < -0.4 is 15.1 Å². The Hall–Kier alpha value is -2.24. The fourth-order valence-electron chi connectivity index (χ4n) is 3.36. The van der Waals surface area contributed by atoms with Gasteiger partial charge in [0.2, 0.25) is 0 Å². The van der Waals surface area contributed by atoms with E-state index < -0.39 is 0 Å². The first-order valence-corrected chi connectivity index (χ1v) is 9.32. The molecule has 3 rings (SSSR count). The molecule has 2 aromatic rings. The SMILES string of the molecule is C[C@H](C(=O)NCc1ccccc1Cl)[NH+]1CCN(c2ccccc2O)CC1. The van der Waals surface area contributed by atoms with Crippen LogP contribution in [0.15, 0.2) is 48.5 Å². The summed E-state index contributed by atoms with van der Waals surface area (Å²) in [5, 5.41) is 13.7. The van der Waals surface area contributed by atoms with Gasteiger partial charge in [-0.2, -0.15) is 0 Å². The van der Waals surface area contributed by atoms with Gasteiger partial charge in [0.15, 0.2) is 6.04 Å². The molecule has 0 bridgehead atoms. The maximum Gasteiger partial charge on any atom is 0.278 e. The first-order chi connectivity index (χ1) is 12.6. The van der Waals surface area contributed by atoms with Gasteiger partial charge in [-0.15, -0.1) is 0 Å². The highest BCUT2D eigenvalue weighted by atomic mass is 35.5. The second-order valence-electron chi connectivity index (χ2n) is 6.66. The van der Waals surface area contributed by atoms with Gasteiger partial charge in [-0.25, -0.2) is 0 Å². The Labute approximate surface area is 159 Å². The van der Waals surface area contributed by atoms with E-state index in [0.717, 1.165) is 37.4 Å². The molecule has 0 aromatic heterocycles. The molecular formula is C20H25ClN3O2+. The summed E-state index contributed by atoms with van der Waals surface area (Å²) in [5.74, 6) is 0.345. The molecule has 0 unspecified atom stereocenters. The molecule has 138 valence electrons. The number of benzene rings is 2. The highest BCUT2D eigenvalue weighted by Gasteiger charge is 2.29. The minimum Gasteiger partial charge on any atom is -0.506 e. The number of carbonyl (C=O) groups excluding carboxylic acids is 1. The second kappa shape index (κ2) is 8.43. The molecule has 0 saturated carbocycles. The van der Waals surface area contributed by atoms with Crippen molar-refractivity contribution >= 4 is 23.2 Å². The lowest BCUT2D eigenvalue weighted by Gasteiger charge is -2.36. The number of piperazine rings is 1. The van der Waals surface area contributed by atoms with E-state index in [2.05, 4.69) is 10.2 Å². The highest BCUT2D eigenvalue weighted by molar-refractivity contribution is 6.31. The summed E-state index contributed by atoms with van der Waals surface area (Å²) >= 11 is 6.14. The van der Waals surface area contributed by atoms with Crippen LogP contribution in [0, 0.1) is 0 Å². The van der Waals surface area contributed by atoms with E-state index in [1.54, 1.807) is 6.07 Å². The van der Waals surface area contributed by atoms with Crippen molar-refractivity contribution in [1.29, 1.82) is 0 Å². The number of nitrogens with one attached hydrogen (secondary N) is 2. The molecule has 2 aromatic carbocycles. The monoisotopic (exact) mass is 374 g/mol. The summed E-state index contributed by atoms with van der Waals surface area (Å²) in [6.45, 7) is 5.75. The highest BCUT2D eigenvalue weighted by Crippen LogP contribution is 2.26. The number of hydrogen-bond acceptors (Lipinski definition) is 3. The number of para-hydroxylation sites is 2. The summed E-state index contributed by atoms with van der Waals surface area (Å²) in [6, 6.07) is 14.8. The van der Waals surface area contributed by atoms with Crippen LogP contribution >= 0.6 is 11.6 Å². The minimum atomic E-state index is -0.121. The second-order valence-corrected chi connectivity index (χ2v) is 7.07. The van der Waals surface area contributed by atoms with Crippen molar-refractivity contribution in [3.63, 3.8) is 0 Å². The third-order valence-corrected chi connectivity index (χ3v) is 5.41. The molecule has 26 heavy (non-hydrogen) atoms. The van der Waals surface area contributed by atoms with Gasteiger partial charge in [0.05, 0.1) is 31.9 Å². The molecule has 1 aliphatic heterocycles. The van der Waals surface area contributed by atoms with Crippen molar-refractivity contribution in [2.75, 3.05) is 31.1 Å². The largest absolute Gasteiger partial charge is 0.506 e. The fourth-order valence-corrected chi connectivity index (χ4v) is 3.56. The number of nitrogens with zero attached hydrogens (tertiary/aromatic N) is 1. The smallest absolute Gasteiger partial charge is 0.278 e. The Bertz CT molecular complexity index is 760. The van der Waals surface area contributed by atoms with Gasteiger partial charge in [-0.3, -0.25) is 4.79 Å². The molecule has 0 radical (unpaired) electrons. The Morgan fingerprint density at radius 2 is 1.85 bits per heavy atom. The standard InChI is InChI=1S/C20H24ClN3O2/c1-15(20(26)22-14-16-6-2-3-7-17(16)21)23-10-12-24(13-11-23)18-8-4-5-9-19(18)25/h2-9,15,25H,10-14H2,1H3,(H,22,26)/p+1/t15-/m1/s1. The van der Waals surface area contributed by atoms with E-state index in [-0.39, 0.29) is 11.9 Å². The zero-order chi connectivity index (χ0) is 18.5. The summed E-state index contributed by atoms with van der Waals surface area (Å²) in [4.78, 5) is 15.9. The number of phenols is 1. The number of carbonyl (C=O) groups is 1. The Morgan fingerprint density at radius 1 is 1.19 bits per heavy atom. The first-order valence-electron chi connectivity index (χ1n) is 8.95. The van der Waals surface area contributed by atoms with Gasteiger partial charge in [0, 0.05) is 11.6 Å². The van der Waals surface area contributed by atoms with Crippen LogP contribution in [0.2, 0.25) is 5.02 Å². The molecule has 1 aliphatic rings. The molecule has 1 heterocycles. The third-order valence-electron chi connectivity index (χ3n) is 5.04. The predicted octanol–water partition coefficient (Wildman–Crippen LogP) is 1.46. The number of halogens is 1. The van der Waals surface area contributed by atoms with Gasteiger partial charge in [-0.05, 0) is 30.7 Å². The minimum absolute atomic E-state index is 0.0379. The van der Waals surface area contributed by atoms with Crippen molar-refractivity contribution in [3.8, 4) is 5.75 Å². The number of hydrogen-bond donors (Lipinski definition) is 3. The molecule has 6 heteroatoms. The van der Waals surface area contributed by atoms with E-state index in [1.807, 2.05) is 49.4 Å². The van der Waals surface area contributed by atoms with Crippen molar-refractivity contribution in [3.05, 3.63) is 59.1 Å². The predicted molar refractivity (Wildman–Crippen MR) is 104 cm³/mol. The number of quaternary nitrogens is 1. The van der Waals surface area contributed by atoms with Crippen LogP contribution in [0.25, 0.3) is 0 Å². The van der Waals surface area contributed by atoms with Gasteiger partial charge < -0.3 is 20.2 Å². The molecule has 0 aliphatic carbocycles. The Morgan fingerprint density at radius 3 is 2.54 bits per heavy atom. The van der Waals surface area contributed by atoms with Crippen LogP contribution in [0.3, 0.4) is 0 Å². The van der Waals surface area contributed by atoms with Crippen molar-refractivity contribution < 1.29 is 14.8 Å². The number of rotatable bonds is 5. The quantitative estimate of drug-likeness (QED) is 0.742. The normalized spacial score (nSPS) is 16.3. The van der Waals surface area contributed by atoms with Crippen LogP contribution in [-0.2, 0) is 11.3 Å². The van der Waals surface area contributed by atoms with E-state index in [4.69, 9.17) is 11.6 Å². The lowest BCUT2D eigenvalue weighted by molar-refractivity contribution is -0.914. The maximum absolute atomic E-state index is 12.5. The van der Waals surface area contributed by atoms with E-state index in [9.17, 15) is 9.90 Å². The Kier molecular flexibility index (Phi) is 6.01. The summed E-state index contributed by atoms with van der Waals surface area (Å²) in [6.07, 6.45) is 0. The number of aromatic hydroxyl groups is 1. The van der Waals surface area contributed by atoms with E-state index in [0.29, 0.717) is 17.3 Å². The Balaban J connectivity index is 1.51. The van der Waals surface area contributed by atoms with E-state index >= 15 is 0 Å². The number of phenolic OH excluding ortho intramolecular Hbond substituents is 1. The molecule has 1 fully saturated rings. The van der Waals surface area contributed by atoms with Gasteiger partial charge in [0.1, 0.15) is 5.75 Å². The zero-order valence-corrected chi connectivity index (χ0v) is 15.7. The van der Waals surface area contributed by atoms with Crippen LogP contribution in [0.4, 0.5) is 5.69 Å². The lowest BCUT2D eigenvalue weighted by atomic mass is 10.1. The zero-order valence-electron chi connectivity index (χ0n) is 14.9. The third kappa shape index (κ3) is 4.29. The fraction of sp³-hybridized carbons (Fsp3) is 0.350. The van der Waals surface area contributed by atoms with E-state index in [1.165, 1.54) is 4.90 Å². The topological polar surface area (TPSA) is 57.0 Å². The number of anilines is 1. The summed E-state index contributed by atoms with van der Waals surface area (Å²) in [7, 11) is 0. The molecule has 1 amide bonds. The maximum atomic E-state index is 12.5. The molecular weight excluding hydrogens is 350 g/mol. The van der Waals surface area contributed by atoms with Gasteiger partial charge in [-0.1, -0.05) is 41.9 Å². The average molecular weight is 375 g/mol. The molecule has 1 atom stereocenters. The van der Waals surface area contributed by atoms with Crippen molar-refractivity contribution in [1.82, 2.24) is 5.32 Å². The van der Waals surface area contributed by atoms with Crippen LogP contribution in [0.5, 0.6) is 5.75 Å². The van der Waals surface area contributed by atoms with Crippen molar-refractivity contribution in [2.45, 2.75) is 19.5 Å². The molecule has 1 saturated heterocycles. The van der Waals surface area contributed by atoms with Crippen LogP contribution in [0.1, 0.15) is 12.5 Å². The number of amides is 1. The van der Waals surface area contributed by atoms with Gasteiger partial charge in [0.25, 0.3) is 5.91 Å². The lowest BCUT2D eigenvalue weighted by Crippen LogP contribution is -3.19. The molecule has 5 nitrogen and oxygen atoms in total. The average Bonchev–Trinajstić information content (AvgIpc) is 2.67. The summed E-state index contributed by atoms with van der Waals surface area (Å²) < 4.78 is 0. The summed E-state index contributed by atoms with van der Waals surface area (Å²) in [5.41, 5.74) is 1.79. The van der Waals surface area contributed by atoms with Gasteiger partial charge >= 0.3 is 0 Å².